The number of aromatic nitrogens is 2. The molecule has 30 heavy (non-hydrogen) atoms. The molecule has 1 aliphatic rings. The van der Waals surface area contributed by atoms with Crippen LogP contribution in [0, 0.1) is 13.8 Å². The number of rotatable bonds is 3. The van der Waals surface area contributed by atoms with Crippen LogP contribution in [0.3, 0.4) is 0 Å². The first kappa shape index (κ1) is 20.2. The van der Waals surface area contributed by atoms with Gasteiger partial charge >= 0.3 is 6.18 Å². The second-order valence-electron chi connectivity index (χ2n) is 7.06. The van der Waals surface area contributed by atoms with Gasteiger partial charge in [0, 0.05) is 5.69 Å². The number of imide groups is 1. The van der Waals surface area contributed by atoms with E-state index in [2.05, 4.69) is 5.10 Å². The Bertz CT molecular complexity index is 1200. The number of carbonyl (C=O) groups excluding carboxylic acids is 2. The van der Waals surface area contributed by atoms with Crippen LogP contribution in [-0.4, -0.2) is 21.6 Å². The van der Waals surface area contributed by atoms with Crippen molar-refractivity contribution >= 4 is 29.1 Å². The maximum atomic E-state index is 12.9. The zero-order chi connectivity index (χ0) is 21.8. The summed E-state index contributed by atoms with van der Waals surface area (Å²) in [4.78, 5) is 26.6. The number of amides is 2. The summed E-state index contributed by atoms with van der Waals surface area (Å²) in [7, 11) is 0. The number of benzene rings is 2. The number of carbonyl (C=O) groups is 2. The summed E-state index contributed by atoms with van der Waals surface area (Å²) >= 11 is 6.10. The van der Waals surface area contributed by atoms with Crippen LogP contribution in [0.1, 0.15) is 43.2 Å². The molecule has 2 amide bonds. The Morgan fingerprint density at radius 1 is 1.03 bits per heavy atom. The Kier molecular flexibility index (Phi) is 4.69. The third-order valence-corrected chi connectivity index (χ3v) is 5.29. The number of halogens is 4. The summed E-state index contributed by atoms with van der Waals surface area (Å²) < 4.78 is 39.9. The Morgan fingerprint density at radius 2 is 1.77 bits per heavy atom. The van der Waals surface area contributed by atoms with E-state index in [1.165, 1.54) is 4.68 Å². The number of nitrogens with zero attached hydrogens (tertiary/aromatic N) is 3. The summed E-state index contributed by atoms with van der Waals surface area (Å²) in [6, 6.07) is 10.7. The fourth-order valence-corrected chi connectivity index (χ4v) is 3.77. The summed E-state index contributed by atoms with van der Waals surface area (Å²) in [5, 5.41) is 3.83. The second-order valence-corrected chi connectivity index (χ2v) is 7.46. The lowest BCUT2D eigenvalue weighted by molar-refractivity contribution is -0.141. The van der Waals surface area contributed by atoms with Crippen LogP contribution in [0.15, 0.2) is 42.5 Å². The molecule has 0 saturated heterocycles. The molecule has 2 heterocycles. The molecule has 0 unspecified atom stereocenters. The van der Waals surface area contributed by atoms with Crippen molar-refractivity contribution in [3.8, 4) is 0 Å². The lowest BCUT2D eigenvalue weighted by Gasteiger charge is -2.17. The van der Waals surface area contributed by atoms with Gasteiger partial charge in [0.05, 0.1) is 28.4 Å². The SMILES string of the molecule is Cc1cc(Cn2nc(C(F)(F)F)cc2C)ccc1N1C(=O)c2cccc(Cl)c2C1=O. The lowest BCUT2D eigenvalue weighted by atomic mass is 10.1. The van der Waals surface area contributed by atoms with Gasteiger partial charge in [-0.2, -0.15) is 18.3 Å². The van der Waals surface area contributed by atoms with Crippen LogP contribution in [0.5, 0.6) is 0 Å². The number of fused-ring (bicyclic) bond motifs is 1. The fourth-order valence-electron chi connectivity index (χ4n) is 3.51. The molecule has 9 heteroatoms. The van der Waals surface area contributed by atoms with Gasteiger partial charge in [-0.15, -0.1) is 0 Å². The van der Waals surface area contributed by atoms with Crippen LogP contribution < -0.4 is 4.90 Å². The zero-order valence-corrected chi connectivity index (χ0v) is 16.7. The number of aryl methyl sites for hydroxylation is 2. The van der Waals surface area contributed by atoms with E-state index >= 15 is 0 Å². The van der Waals surface area contributed by atoms with E-state index in [0.29, 0.717) is 22.5 Å². The molecule has 0 N–H and O–H groups in total. The maximum absolute atomic E-state index is 12.9. The minimum atomic E-state index is -4.51. The molecule has 4 rings (SSSR count). The van der Waals surface area contributed by atoms with Crippen LogP contribution in [0.4, 0.5) is 18.9 Å². The van der Waals surface area contributed by atoms with Crippen molar-refractivity contribution in [1.82, 2.24) is 9.78 Å². The lowest BCUT2D eigenvalue weighted by Crippen LogP contribution is -2.30. The predicted octanol–water partition coefficient (Wildman–Crippen LogP) is 5.02. The number of anilines is 1. The smallest absolute Gasteiger partial charge is 0.268 e. The van der Waals surface area contributed by atoms with Gasteiger partial charge in [-0.1, -0.05) is 29.8 Å². The quantitative estimate of drug-likeness (QED) is 0.545. The highest BCUT2D eigenvalue weighted by molar-refractivity contribution is 6.42. The first-order valence-electron chi connectivity index (χ1n) is 8.96. The van der Waals surface area contributed by atoms with E-state index in [1.807, 2.05) is 0 Å². The van der Waals surface area contributed by atoms with Gasteiger partial charge < -0.3 is 0 Å². The molecule has 0 bridgehead atoms. The van der Waals surface area contributed by atoms with Gasteiger partial charge in [0.25, 0.3) is 11.8 Å². The van der Waals surface area contributed by atoms with E-state index in [0.717, 1.165) is 11.0 Å². The third-order valence-electron chi connectivity index (χ3n) is 4.97. The predicted molar refractivity (Wildman–Crippen MR) is 105 cm³/mol. The van der Waals surface area contributed by atoms with Crippen LogP contribution in [-0.2, 0) is 12.7 Å². The maximum Gasteiger partial charge on any atom is 0.435 e. The molecule has 2 aromatic carbocycles. The largest absolute Gasteiger partial charge is 0.435 e. The Hall–Kier alpha value is -3.13. The fraction of sp³-hybridized carbons (Fsp3) is 0.190. The molecule has 5 nitrogen and oxygen atoms in total. The molecule has 1 aromatic heterocycles. The molecule has 0 spiro atoms. The number of hydrogen-bond acceptors (Lipinski definition) is 3. The molecule has 3 aromatic rings. The zero-order valence-electron chi connectivity index (χ0n) is 15.9. The van der Waals surface area contributed by atoms with Crippen molar-refractivity contribution in [2.45, 2.75) is 26.6 Å². The summed E-state index contributed by atoms with van der Waals surface area (Å²) in [6.45, 7) is 3.39. The Morgan fingerprint density at radius 3 is 2.37 bits per heavy atom. The van der Waals surface area contributed by atoms with Crippen molar-refractivity contribution in [3.05, 3.63) is 81.1 Å². The molecule has 0 atom stereocenters. The minimum Gasteiger partial charge on any atom is -0.268 e. The van der Waals surface area contributed by atoms with Crippen LogP contribution >= 0.6 is 11.6 Å². The summed E-state index contributed by atoms with van der Waals surface area (Å²) in [6.07, 6.45) is -4.51. The molecule has 1 aliphatic heterocycles. The van der Waals surface area contributed by atoms with E-state index in [1.54, 1.807) is 50.2 Å². The van der Waals surface area contributed by atoms with E-state index in [4.69, 9.17) is 11.6 Å². The second kappa shape index (κ2) is 6.98. The average Bonchev–Trinajstić information content (AvgIpc) is 3.15. The molecular formula is C21H15ClF3N3O2. The third kappa shape index (κ3) is 3.27. The topological polar surface area (TPSA) is 55.2 Å². The van der Waals surface area contributed by atoms with Crippen molar-refractivity contribution in [2.24, 2.45) is 0 Å². The molecule has 154 valence electrons. The Balaban J connectivity index is 1.64. The first-order chi connectivity index (χ1) is 14.1. The Labute approximate surface area is 174 Å². The van der Waals surface area contributed by atoms with Crippen molar-refractivity contribution in [2.75, 3.05) is 4.90 Å². The van der Waals surface area contributed by atoms with Crippen LogP contribution in [0.25, 0.3) is 0 Å². The highest BCUT2D eigenvalue weighted by atomic mass is 35.5. The highest BCUT2D eigenvalue weighted by Crippen LogP contribution is 2.34. The highest BCUT2D eigenvalue weighted by Gasteiger charge is 2.39. The monoisotopic (exact) mass is 433 g/mol. The van der Waals surface area contributed by atoms with E-state index in [9.17, 15) is 22.8 Å². The molecule has 0 aliphatic carbocycles. The molecule has 0 saturated carbocycles. The number of hydrogen-bond donors (Lipinski definition) is 0. The van der Waals surface area contributed by atoms with Gasteiger partial charge in [0.1, 0.15) is 0 Å². The first-order valence-corrected chi connectivity index (χ1v) is 9.34. The normalized spacial score (nSPS) is 13.9. The molecule has 0 radical (unpaired) electrons. The van der Waals surface area contributed by atoms with Crippen molar-refractivity contribution in [1.29, 1.82) is 0 Å². The van der Waals surface area contributed by atoms with E-state index in [-0.39, 0.29) is 22.7 Å². The molecular weight excluding hydrogens is 419 g/mol. The summed E-state index contributed by atoms with van der Waals surface area (Å²) in [5.74, 6) is -0.972. The van der Waals surface area contributed by atoms with Gasteiger partial charge in [-0.05, 0) is 49.2 Å². The molecule has 0 fully saturated rings. The van der Waals surface area contributed by atoms with E-state index < -0.39 is 23.7 Å². The van der Waals surface area contributed by atoms with Gasteiger partial charge in [-0.3, -0.25) is 14.3 Å². The summed E-state index contributed by atoms with van der Waals surface area (Å²) in [5.41, 5.74) is 1.54. The van der Waals surface area contributed by atoms with Gasteiger partial charge in [0.2, 0.25) is 0 Å². The van der Waals surface area contributed by atoms with Crippen molar-refractivity contribution < 1.29 is 22.8 Å². The van der Waals surface area contributed by atoms with Crippen LogP contribution in [0.2, 0.25) is 5.02 Å². The number of alkyl halides is 3. The standard InChI is InChI=1S/C21H15ClF3N3O2/c1-11-8-13(10-27-12(2)9-17(26-27)21(23,24)25)6-7-16(11)28-19(29)14-4-3-5-15(22)18(14)20(28)30/h3-9H,10H2,1-2H3. The van der Waals surface area contributed by atoms with Crippen molar-refractivity contribution in [3.63, 3.8) is 0 Å². The van der Waals surface area contributed by atoms with Gasteiger partial charge in [0.15, 0.2) is 5.69 Å². The minimum absolute atomic E-state index is 0.122. The van der Waals surface area contributed by atoms with Gasteiger partial charge in [-0.25, -0.2) is 4.90 Å². The average molecular weight is 434 g/mol.